The zero-order valence-electron chi connectivity index (χ0n) is 12.1. The van der Waals surface area contributed by atoms with Crippen LogP contribution in [0.15, 0.2) is 36.9 Å². The Bertz CT molecular complexity index is 657. The molecular weight excluding hydrogens is 288 g/mol. The summed E-state index contributed by atoms with van der Waals surface area (Å²) in [5, 5.41) is 0. The minimum absolute atomic E-state index is 0.0651. The molecule has 1 aromatic heterocycles. The topological polar surface area (TPSA) is 38.1 Å². The number of halogens is 2. The van der Waals surface area contributed by atoms with Crippen LogP contribution in [-0.4, -0.2) is 33.4 Å². The zero-order valence-corrected chi connectivity index (χ0v) is 12.1. The van der Waals surface area contributed by atoms with Crippen LogP contribution in [0.3, 0.4) is 0 Å². The molecule has 1 saturated heterocycles. The summed E-state index contributed by atoms with van der Waals surface area (Å²) in [6, 6.07) is 3.08. The number of imidazole rings is 1. The van der Waals surface area contributed by atoms with Crippen LogP contribution in [0, 0.1) is 17.6 Å². The zero-order chi connectivity index (χ0) is 15.5. The van der Waals surface area contributed by atoms with Gasteiger partial charge in [0.25, 0.3) is 5.91 Å². The summed E-state index contributed by atoms with van der Waals surface area (Å²) >= 11 is 0. The lowest BCUT2D eigenvalue weighted by Gasteiger charge is -2.33. The van der Waals surface area contributed by atoms with Crippen LogP contribution in [0.4, 0.5) is 8.78 Å². The Kier molecular flexibility index (Phi) is 4.18. The number of rotatable bonds is 3. The van der Waals surface area contributed by atoms with Crippen LogP contribution in [0.1, 0.15) is 23.2 Å². The van der Waals surface area contributed by atoms with E-state index in [9.17, 15) is 13.6 Å². The van der Waals surface area contributed by atoms with Gasteiger partial charge < -0.3 is 9.47 Å². The van der Waals surface area contributed by atoms with E-state index in [0.717, 1.165) is 31.5 Å². The van der Waals surface area contributed by atoms with E-state index in [1.165, 1.54) is 6.07 Å². The van der Waals surface area contributed by atoms with Crippen molar-refractivity contribution in [1.29, 1.82) is 0 Å². The third-order valence-electron chi connectivity index (χ3n) is 4.00. The molecule has 1 aromatic carbocycles. The highest BCUT2D eigenvalue weighted by Gasteiger charge is 2.26. The minimum atomic E-state index is -0.804. The first-order valence-corrected chi connectivity index (χ1v) is 7.33. The number of nitrogens with zero attached hydrogens (tertiary/aromatic N) is 3. The molecule has 2 aromatic rings. The van der Waals surface area contributed by atoms with Gasteiger partial charge in [-0.15, -0.1) is 0 Å². The number of hydrogen-bond acceptors (Lipinski definition) is 2. The van der Waals surface area contributed by atoms with E-state index < -0.39 is 11.6 Å². The lowest BCUT2D eigenvalue weighted by molar-refractivity contribution is 0.0657. The molecule has 1 unspecified atom stereocenters. The summed E-state index contributed by atoms with van der Waals surface area (Å²) in [4.78, 5) is 18.1. The van der Waals surface area contributed by atoms with Crippen molar-refractivity contribution in [2.24, 2.45) is 5.92 Å². The van der Waals surface area contributed by atoms with Gasteiger partial charge in [0.2, 0.25) is 0 Å². The maximum atomic E-state index is 13.8. The molecule has 1 amide bonds. The van der Waals surface area contributed by atoms with Gasteiger partial charge in [-0.1, -0.05) is 0 Å². The van der Waals surface area contributed by atoms with Crippen molar-refractivity contribution in [3.8, 4) is 0 Å². The number of amides is 1. The van der Waals surface area contributed by atoms with Gasteiger partial charge in [0.1, 0.15) is 11.6 Å². The van der Waals surface area contributed by atoms with E-state index in [0.29, 0.717) is 19.0 Å². The van der Waals surface area contributed by atoms with Crippen molar-refractivity contribution < 1.29 is 13.6 Å². The Labute approximate surface area is 127 Å². The maximum absolute atomic E-state index is 13.8. The summed E-state index contributed by atoms with van der Waals surface area (Å²) in [5.41, 5.74) is -0.0651. The number of piperidine rings is 1. The SMILES string of the molecule is O=C(c1ccc(F)cc1F)N1CCCC(Cn2ccnc2)C1. The molecule has 3 rings (SSSR count). The summed E-state index contributed by atoms with van der Waals surface area (Å²) in [7, 11) is 0. The third kappa shape index (κ3) is 3.16. The standard InChI is InChI=1S/C16H17F2N3O/c17-13-3-4-14(15(18)8-13)16(22)21-6-1-2-12(10-21)9-20-7-5-19-11-20/h3-5,7-8,11-12H,1-2,6,9-10H2. The molecule has 1 fully saturated rings. The predicted molar refractivity (Wildman–Crippen MR) is 77.2 cm³/mol. The molecule has 1 aliphatic heterocycles. The van der Waals surface area contributed by atoms with Crippen molar-refractivity contribution in [1.82, 2.24) is 14.5 Å². The van der Waals surface area contributed by atoms with Gasteiger partial charge >= 0.3 is 0 Å². The van der Waals surface area contributed by atoms with Gasteiger partial charge in [-0.25, -0.2) is 13.8 Å². The molecule has 1 aliphatic rings. The number of benzene rings is 1. The van der Waals surface area contributed by atoms with Crippen molar-refractivity contribution in [3.05, 3.63) is 54.1 Å². The van der Waals surface area contributed by atoms with Crippen molar-refractivity contribution in [2.45, 2.75) is 19.4 Å². The normalized spacial score (nSPS) is 18.5. The fourth-order valence-corrected chi connectivity index (χ4v) is 2.92. The molecule has 6 heteroatoms. The first-order chi connectivity index (χ1) is 10.6. The number of likely N-dealkylation sites (tertiary alicyclic amines) is 1. The molecule has 116 valence electrons. The number of carbonyl (C=O) groups is 1. The fraction of sp³-hybridized carbons (Fsp3) is 0.375. The summed E-state index contributed by atoms with van der Waals surface area (Å²) < 4.78 is 28.7. The molecule has 0 aliphatic carbocycles. The van der Waals surface area contributed by atoms with E-state index in [1.807, 2.05) is 10.8 Å². The van der Waals surface area contributed by atoms with Crippen LogP contribution < -0.4 is 0 Å². The molecular formula is C16H17F2N3O. The largest absolute Gasteiger partial charge is 0.338 e. The quantitative estimate of drug-likeness (QED) is 0.874. The molecule has 2 heterocycles. The van der Waals surface area contributed by atoms with Crippen molar-refractivity contribution in [3.63, 3.8) is 0 Å². The molecule has 1 atom stereocenters. The lowest BCUT2D eigenvalue weighted by atomic mass is 9.97. The molecule has 0 radical (unpaired) electrons. The van der Waals surface area contributed by atoms with Crippen molar-refractivity contribution in [2.75, 3.05) is 13.1 Å². The second-order valence-corrected chi connectivity index (χ2v) is 5.64. The lowest BCUT2D eigenvalue weighted by Crippen LogP contribution is -2.41. The first kappa shape index (κ1) is 14.7. The number of carbonyl (C=O) groups excluding carboxylic acids is 1. The van der Waals surface area contributed by atoms with Gasteiger partial charge in [-0.3, -0.25) is 4.79 Å². The molecule has 0 spiro atoms. The Hall–Kier alpha value is -2.24. The Morgan fingerprint density at radius 1 is 1.36 bits per heavy atom. The molecule has 0 saturated carbocycles. The van der Waals surface area contributed by atoms with E-state index in [1.54, 1.807) is 17.4 Å². The van der Waals surface area contributed by atoms with E-state index in [2.05, 4.69) is 4.98 Å². The summed E-state index contributed by atoms with van der Waals surface area (Å²) in [5.74, 6) is -1.53. The Balaban J connectivity index is 1.69. The Morgan fingerprint density at radius 3 is 2.95 bits per heavy atom. The smallest absolute Gasteiger partial charge is 0.256 e. The number of hydrogen-bond donors (Lipinski definition) is 0. The van der Waals surface area contributed by atoms with E-state index in [-0.39, 0.29) is 11.5 Å². The maximum Gasteiger partial charge on any atom is 0.256 e. The van der Waals surface area contributed by atoms with Crippen LogP contribution in [0.25, 0.3) is 0 Å². The van der Waals surface area contributed by atoms with Gasteiger partial charge in [0.15, 0.2) is 0 Å². The van der Waals surface area contributed by atoms with Gasteiger partial charge in [0, 0.05) is 38.1 Å². The van der Waals surface area contributed by atoms with Crippen LogP contribution in [-0.2, 0) is 6.54 Å². The van der Waals surface area contributed by atoms with E-state index in [4.69, 9.17) is 0 Å². The second kappa shape index (κ2) is 6.25. The highest BCUT2D eigenvalue weighted by molar-refractivity contribution is 5.94. The molecule has 0 N–H and O–H groups in total. The molecule has 22 heavy (non-hydrogen) atoms. The fourth-order valence-electron chi connectivity index (χ4n) is 2.92. The van der Waals surface area contributed by atoms with Gasteiger partial charge in [-0.2, -0.15) is 0 Å². The highest BCUT2D eigenvalue weighted by Crippen LogP contribution is 2.21. The highest BCUT2D eigenvalue weighted by atomic mass is 19.1. The molecule has 0 bridgehead atoms. The van der Waals surface area contributed by atoms with Gasteiger partial charge in [-0.05, 0) is 30.9 Å². The van der Waals surface area contributed by atoms with Crippen LogP contribution >= 0.6 is 0 Å². The monoisotopic (exact) mass is 305 g/mol. The second-order valence-electron chi connectivity index (χ2n) is 5.64. The number of aromatic nitrogens is 2. The summed E-state index contributed by atoms with van der Waals surface area (Å²) in [6.07, 6.45) is 7.27. The average Bonchev–Trinajstić information content (AvgIpc) is 3.00. The van der Waals surface area contributed by atoms with Crippen LogP contribution in [0.2, 0.25) is 0 Å². The predicted octanol–water partition coefficient (Wildman–Crippen LogP) is 2.71. The first-order valence-electron chi connectivity index (χ1n) is 7.33. The average molecular weight is 305 g/mol. The third-order valence-corrected chi connectivity index (χ3v) is 4.00. The van der Waals surface area contributed by atoms with Gasteiger partial charge in [0.05, 0.1) is 11.9 Å². The summed E-state index contributed by atoms with van der Waals surface area (Å²) in [6.45, 7) is 1.97. The Morgan fingerprint density at radius 2 is 2.23 bits per heavy atom. The van der Waals surface area contributed by atoms with Crippen LogP contribution in [0.5, 0.6) is 0 Å². The van der Waals surface area contributed by atoms with Crippen molar-refractivity contribution >= 4 is 5.91 Å². The minimum Gasteiger partial charge on any atom is -0.338 e. The molecule has 4 nitrogen and oxygen atoms in total. The van der Waals surface area contributed by atoms with E-state index >= 15 is 0 Å².